The number of aryl methyl sites for hydroxylation is 1. The predicted molar refractivity (Wildman–Crippen MR) is 80.1 cm³/mol. The van der Waals surface area contributed by atoms with Crippen molar-refractivity contribution in [3.05, 3.63) is 45.9 Å². The van der Waals surface area contributed by atoms with E-state index in [1.54, 1.807) is 30.9 Å². The molecular weight excluding hydrogens is 294 g/mol. The van der Waals surface area contributed by atoms with Crippen LogP contribution in [-0.4, -0.2) is 20.4 Å². The van der Waals surface area contributed by atoms with E-state index in [2.05, 4.69) is 15.0 Å². The highest BCUT2D eigenvalue weighted by Crippen LogP contribution is 2.22. The van der Waals surface area contributed by atoms with Crippen molar-refractivity contribution in [2.24, 2.45) is 0 Å². The van der Waals surface area contributed by atoms with Gasteiger partial charge in [-0.05, 0) is 42.6 Å². The minimum atomic E-state index is -3.49. The van der Waals surface area contributed by atoms with Gasteiger partial charge in [-0.2, -0.15) is 0 Å². The lowest BCUT2D eigenvalue weighted by Crippen LogP contribution is -2.24. The fraction of sp³-hybridized carbons (Fsp3) is 0.308. The number of sulfonamides is 1. The quantitative estimate of drug-likeness (QED) is 0.851. The first kappa shape index (κ1) is 15.1. The third kappa shape index (κ3) is 3.43. The molecule has 108 valence electrons. The van der Waals surface area contributed by atoms with E-state index < -0.39 is 10.0 Å². The number of hydrogen-bond acceptors (Lipinski definition) is 5. The van der Waals surface area contributed by atoms with Crippen LogP contribution in [0.15, 0.2) is 34.8 Å². The van der Waals surface area contributed by atoms with Crippen LogP contribution in [0.1, 0.15) is 16.0 Å². The lowest BCUT2D eigenvalue weighted by Gasteiger charge is -2.09. The van der Waals surface area contributed by atoms with Gasteiger partial charge in [0, 0.05) is 30.4 Å². The van der Waals surface area contributed by atoms with Crippen LogP contribution in [0, 0.1) is 6.92 Å². The average Bonchev–Trinajstić information content (AvgIpc) is 2.87. The Balaban J connectivity index is 2.15. The number of nitrogens with zero attached hydrogens (tertiary/aromatic N) is 1. The minimum Gasteiger partial charge on any atom is -0.315 e. The van der Waals surface area contributed by atoms with Crippen LogP contribution < -0.4 is 10.0 Å². The van der Waals surface area contributed by atoms with E-state index in [4.69, 9.17) is 0 Å². The molecule has 2 aromatic heterocycles. The second kappa shape index (κ2) is 6.45. The van der Waals surface area contributed by atoms with Crippen molar-refractivity contribution in [1.82, 2.24) is 15.0 Å². The fourth-order valence-electron chi connectivity index (χ4n) is 1.79. The molecule has 0 saturated carbocycles. The molecule has 7 heteroatoms. The summed E-state index contributed by atoms with van der Waals surface area (Å²) in [5.41, 5.74) is 1.89. The topological polar surface area (TPSA) is 71.1 Å². The molecule has 0 aliphatic heterocycles. The van der Waals surface area contributed by atoms with Crippen LogP contribution in [0.3, 0.4) is 0 Å². The summed E-state index contributed by atoms with van der Waals surface area (Å²) in [6.45, 7) is 2.72. The standard InChI is InChI=1S/C13H17N3O2S2/c1-10-3-5-15-7-11(10)8-16-20(17,18)13-4-6-19-12(13)9-14-2/h3-7,14,16H,8-9H2,1-2H3. The fourth-order valence-corrected chi connectivity index (χ4v) is 4.25. The van der Waals surface area contributed by atoms with Crippen molar-refractivity contribution in [1.29, 1.82) is 0 Å². The van der Waals surface area contributed by atoms with Crippen LogP contribution in [0.5, 0.6) is 0 Å². The summed E-state index contributed by atoms with van der Waals surface area (Å²) in [5.74, 6) is 0. The zero-order valence-electron chi connectivity index (χ0n) is 11.4. The Morgan fingerprint density at radius 3 is 2.80 bits per heavy atom. The Hall–Kier alpha value is -1.28. The number of rotatable bonds is 6. The van der Waals surface area contributed by atoms with Gasteiger partial charge >= 0.3 is 0 Å². The first-order chi connectivity index (χ1) is 9.54. The first-order valence-electron chi connectivity index (χ1n) is 6.14. The summed E-state index contributed by atoms with van der Waals surface area (Å²) in [6, 6.07) is 3.50. The molecule has 0 saturated heterocycles. The number of aromatic nitrogens is 1. The zero-order chi connectivity index (χ0) is 14.6. The molecule has 0 unspecified atom stereocenters. The second-order valence-corrected chi connectivity index (χ2v) is 7.10. The van der Waals surface area contributed by atoms with E-state index in [0.717, 1.165) is 16.0 Å². The lowest BCUT2D eigenvalue weighted by atomic mass is 10.2. The van der Waals surface area contributed by atoms with Crippen LogP contribution in [-0.2, 0) is 23.1 Å². The van der Waals surface area contributed by atoms with Gasteiger partial charge in [-0.15, -0.1) is 11.3 Å². The molecule has 0 fully saturated rings. The molecule has 2 aromatic rings. The van der Waals surface area contributed by atoms with Crippen LogP contribution >= 0.6 is 11.3 Å². The third-order valence-corrected chi connectivity index (χ3v) is 5.47. The number of nitrogens with one attached hydrogen (secondary N) is 2. The highest BCUT2D eigenvalue weighted by Gasteiger charge is 2.19. The molecule has 0 spiro atoms. The van der Waals surface area contributed by atoms with E-state index in [1.165, 1.54) is 11.3 Å². The SMILES string of the molecule is CNCc1sccc1S(=O)(=O)NCc1cnccc1C. The molecular formula is C13H17N3O2S2. The highest BCUT2D eigenvalue weighted by atomic mass is 32.2. The van der Waals surface area contributed by atoms with Gasteiger partial charge < -0.3 is 5.32 Å². The normalized spacial score (nSPS) is 11.7. The van der Waals surface area contributed by atoms with Gasteiger partial charge in [-0.25, -0.2) is 13.1 Å². The van der Waals surface area contributed by atoms with E-state index in [9.17, 15) is 8.42 Å². The summed E-state index contributed by atoms with van der Waals surface area (Å²) in [6.07, 6.45) is 3.37. The highest BCUT2D eigenvalue weighted by molar-refractivity contribution is 7.89. The van der Waals surface area contributed by atoms with Gasteiger partial charge in [0.25, 0.3) is 0 Å². The summed E-state index contributed by atoms with van der Waals surface area (Å²) in [7, 11) is -1.70. The largest absolute Gasteiger partial charge is 0.315 e. The van der Waals surface area contributed by atoms with E-state index in [1.807, 2.05) is 13.0 Å². The van der Waals surface area contributed by atoms with Crippen molar-refractivity contribution >= 4 is 21.4 Å². The molecule has 0 aliphatic rings. The molecule has 0 aromatic carbocycles. The van der Waals surface area contributed by atoms with E-state index in [-0.39, 0.29) is 6.54 Å². The van der Waals surface area contributed by atoms with Crippen molar-refractivity contribution in [3.8, 4) is 0 Å². The molecule has 2 rings (SSSR count). The molecule has 0 aliphatic carbocycles. The van der Waals surface area contributed by atoms with Gasteiger partial charge in [0.05, 0.1) is 4.90 Å². The number of thiophene rings is 1. The second-order valence-electron chi connectivity index (χ2n) is 4.37. The van der Waals surface area contributed by atoms with Gasteiger partial charge in [-0.1, -0.05) is 0 Å². The predicted octanol–water partition coefficient (Wildman–Crippen LogP) is 1.65. The van der Waals surface area contributed by atoms with Gasteiger partial charge in [0.1, 0.15) is 0 Å². The Morgan fingerprint density at radius 1 is 1.30 bits per heavy atom. The van der Waals surface area contributed by atoms with Crippen molar-refractivity contribution in [2.75, 3.05) is 7.05 Å². The Labute approximate surface area is 123 Å². The molecule has 5 nitrogen and oxygen atoms in total. The molecule has 0 atom stereocenters. The van der Waals surface area contributed by atoms with Crippen molar-refractivity contribution in [3.63, 3.8) is 0 Å². The Kier molecular flexibility index (Phi) is 4.87. The summed E-state index contributed by atoms with van der Waals surface area (Å²) in [5, 5.41) is 4.76. The summed E-state index contributed by atoms with van der Waals surface area (Å²) >= 11 is 1.43. The van der Waals surface area contributed by atoms with Crippen molar-refractivity contribution in [2.45, 2.75) is 24.9 Å². The molecule has 0 bridgehead atoms. The minimum absolute atomic E-state index is 0.247. The monoisotopic (exact) mass is 311 g/mol. The van der Waals surface area contributed by atoms with Crippen molar-refractivity contribution < 1.29 is 8.42 Å². The number of hydrogen-bond donors (Lipinski definition) is 2. The average molecular weight is 311 g/mol. The summed E-state index contributed by atoms with van der Waals surface area (Å²) in [4.78, 5) is 5.17. The van der Waals surface area contributed by atoms with Gasteiger partial charge in [-0.3, -0.25) is 4.98 Å². The maximum Gasteiger partial charge on any atom is 0.242 e. The van der Waals surface area contributed by atoms with Crippen LogP contribution in [0.2, 0.25) is 0 Å². The van der Waals surface area contributed by atoms with Gasteiger partial charge in [0.15, 0.2) is 0 Å². The molecule has 0 radical (unpaired) electrons. The van der Waals surface area contributed by atoms with Gasteiger partial charge in [0.2, 0.25) is 10.0 Å². The molecule has 20 heavy (non-hydrogen) atoms. The maximum absolute atomic E-state index is 12.3. The Morgan fingerprint density at radius 2 is 2.10 bits per heavy atom. The van der Waals surface area contributed by atoms with E-state index >= 15 is 0 Å². The lowest BCUT2D eigenvalue weighted by molar-refractivity contribution is 0.580. The third-order valence-electron chi connectivity index (χ3n) is 2.93. The molecule has 0 amide bonds. The smallest absolute Gasteiger partial charge is 0.242 e. The number of pyridine rings is 1. The Bertz CT molecular complexity index is 680. The summed E-state index contributed by atoms with van der Waals surface area (Å²) < 4.78 is 27.3. The zero-order valence-corrected chi connectivity index (χ0v) is 13.0. The first-order valence-corrected chi connectivity index (χ1v) is 8.51. The maximum atomic E-state index is 12.3. The van der Waals surface area contributed by atoms with E-state index in [0.29, 0.717) is 11.4 Å². The van der Waals surface area contributed by atoms with Crippen LogP contribution in [0.25, 0.3) is 0 Å². The molecule has 2 N–H and O–H groups in total. The molecule has 2 heterocycles. The van der Waals surface area contributed by atoms with Crippen LogP contribution in [0.4, 0.5) is 0 Å².